The molecule has 0 aliphatic rings. The van der Waals surface area contributed by atoms with E-state index in [9.17, 15) is 4.79 Å². The van der Waals surface area contributed by atoms with E-state index in [1.807, 2.05) is 34.9 Å². The number of ether oxygens (including phenoxy) is 1. The first-order chi connectivity index (χ1) is 12.6. The normalized spacial score (nSPS) is 11.0. The molecule has 0 unspecified atom stereocenters. The monoisotopic (exact) mass is 391 g/mol. The molecule has 0 aliphatic carbocycles. The van der Waals surface area contributed by atoms with Gasteiger partial charge in [0.1, 0.15) is 12.4 Å². The summed E-state index contributed by atoms with van der Waals surface area (Å²) in [6.45, 7) is 1.33. The van der Waals surface area contributed by atoms with Crippen LogP contribution in [-0.2, 0) is 16.1 Å². The summed E-state index contributed by atoms with van der Waals surface area (Å²) in [6, 6.07) is 12.9. The molecule has 0 aliphatic heterocycles. The number of halogens is 2. The molecule has 3 rings (SSSR count). The predicted octanol–water partition coefficient (Wildman–Crippen LogP) is 4.16. The fourth-order valence-corrected chi connectivity index (χ4v) is 3.25. The molecule has 5 nitrogen and oxygen atoms in total. The molecule has 26 heavy (non-hydrogen) atoms. The quantitative estimate of drug-likeness (QED) is 0.615. The molecule has 7 heteroatoms. The molecule has 0 radical (unpaired) electrons. The van der Waals surface area contributed by atoms with Crippen LogP contribution in [0.1, 0.15) is 6.42 Å². The summed E-state index contributed by atoms with van der Waals surface area (Å²) < 4.78 is 6.87. The third kappa shape index (κ3) is 4.18. The van der Waals surface area contributed by atoms with Crippen molar-refractivity contribution in [2.75, 3.05) is 20.3 Å². The maximum Gasteiger partial charge on any atom is 0.240 e. The molecule has 136 valence electrons. The predicted molar refractivity (Wildman–Crippen MR) is 105 cm³/mol. The van der Waals surface area contributed by atoms with Gasteiger partial charge in [0, 0.05) is 30.8 Å². The molecule has 2 aromatic carbocycles. The van der Waals surface area contributed by atoms with Gasteiger partial charge in [0.15, 0.2) is 0 Å². The molecule has 0 fully saturated rings. The van der Waals surface area contributed by atoms with Crippen molar-refractivity contribution in [3.8, 4) is 11.4 Å². The van der Waals surface area contributed by atoms with Gasteiger partial charge in [-0.2, -0.15) is 0 Å². The van der Waals surface area contributed by atoms with Crippen molar-refractivity contribution in [1.82, 2.24) is 14.9 Å². The number of benzene rings is 2. The van der Waals surface area contributed by atoms with Crippen LogP contribution < -0.4 is 5.32 Å². The SMILES string of the molecule is COCCCNC(=O)Cn1c(-c2ccc(Cl)cc2Cl)nc2ccccc21. The van der Waals surface area contributed by atoms with Crippen molar-refractivity contribution in [2.24, 2.45) is 0 Å². The molecular weight excluding hydrogens is 373 g/mol. The zero-order chi connectivity index (χ0) is 18.5. The zero-order valence-electron chi connectivity index (χ0n) is 14.3. The third-order valence-electron chi connectivity index (χ3n) is 3.98. The fraction of sp³-hybridized carbons (Fsp3) is 0.263. The number of aromatic nitrogens is 2. The summed E-state index contributed by atoms with van der Waals surface area (Å²) >= 11 is 12.4. The largest absolute Gasteiger partial charge is 0.385 e. The second-order valence-corrected chi connectivity index (χ2v) is 6.67. The number of carbonyl (C=O) groups excluding carboxylic acids is 1. The number of para-hydroxylation sites is 2. The van der Waals surface area contributed by atoms with Gasteiger partial charge in [-0.05, 0) is 36.8 Å². The maximum atomic E-state index is 12.4. The van der Waals surface area contributed by atoms with E-state index in [1.54, 1.807) is 19.2 Å². The Kier molecular flexibility index (Phi) is 6.14. The van der Waals surface area contributed by atoms with Crippen LogP contribution in [0.25, 0.3) is 22.4 Å². The van der Waals surface area contributed by atoms with Gasteiger partial charge in [0.05, 0.1) is 16.1 Å². The van der Waals surface area contributed by atoms with Gasteiger partial charge in [-0.3, -0.25) is 4.79 Å². The number of rotatable bonds is 7. The Bertz CT molecular complexity index is 924. The molecular formula is C19H19Cl2N3O2. The lowest BCUT2D eigenvalue weighted by Gasteiger charge is -2.11. The summed E-state index contributed by atoms with van der Waals surface area (Å²) in [5.74, 6) is 0.551. The van der Waals surface area contributed by atoms with Gasteiger partial charge < -0.3 is 14.6 Å². The van der Waals surface area contributed by atoms with Crippen molar-refractivity contribution in [1.29, 1.82) is 0 Å². The highest BCUT2D eigenvalue weighted by Crippen LogP contribution is 2.32. The minimum absolute atomic E-state index is 0.0874. The number of nitrogens with one attached hydrogen (secondary N) is 1. The highest BCUT2D eigenvalue weighted by atomic mass is 35.5. The molecule has 0 bridgehead atoms. The number of carbonyl (C=O) groups is 1. The summed E-state index contributed by atoms with van der Waals surface area (Å²) in [7, 11) is 1.64. The molecule has 0 saturated heterocycles. The topological polar surface area (TPSA) is 56.1 Å². The van der Waals surface area contributed by atoms with E-state index in [2.05, 4.69) is 10.3 Å². The summed E-state index contributed by atoms with van der Waals surface area (Å²) in [6.07, 6.45) is 0.767. The summed E-state index contributed by atoms with van der Waals surface area (Å²) in [5, 5.41) is 3.95. The fourth-order valence-electron chi connectivity index (χ4n) is 2.76. The highest BCUT2D eigenvalue weighted by Gasteiger charge is 2.17. The maximum absolute atomic E-state index is 12.4. The first kappa shape index (κ1) is 18.7. The standard InChI is InChI=1S/C19H19Cl2N3O2/c1-26-10-4-9-22-18(25)12-24-17-6-3-2-5-16(17)23-19(24)14-8-7-13(20)11-15(14)21/h2-3,5-8,11H,4,9-10,12H2,1H3,(H,22,25). The molecule has 1 N–H and O–H groups in total. The van der Waals surface area contributed by atoms with Crippen molar-refractivity contribution in [3.05, 3.63) is 52.5 Å². The number of hydrogen-bond acceptors (Lipinski definition) is 3. The number of fused-ring (bicyclic) bond motifs is 1. The minimum atomic E-state index is -0.0874. The highest BCUT2D eigenvalue weighted by molar-refractivity contribution is 6.36. The smallest absolute Gasteiger partial charge is 0.240 e. The average Bonchev–Trinajstić information content (AvgIpc) is 2.97. The Morgan fingerprint density at radius 3 is 2.81 bits per heavy atom. The number of hydrogen-bond donors (Lipinski definition) is 1. The van der Waals surface area contributed by atoms with Crippen molar-refractivity contribution < 1.29 is 9.53 Å². The van der Waals surface area contributed by atoms with Crippen LogP contribution in [0.15, 0.2) is 42.5 Å². The second-order valence-electron chi connectivity index (χ2n) is 5.83. The van der Waals surface area contributed by atoms with E-state index in [0.717, 1.165) is 23.0 Å². The summed E-state index contributed by atoms with van der Waals surface area (Å²) in [4.78, 5) is 17.1. The van der Waals surface area contributed by atoms with Gasteiger partial charge in [-0.1, -0.05) is 35.3 Å². The van der Waals surface area contributed by atoms with E-state index in [0.29, 0.717) is 29.0 Å². The number of imidazole rings is 1. The molecule has 0 atom stereocenters. The summed E-state index contributed by atoms with van der Waals surface area (Å²) in [5.41, 5.74) is 2.42. The molecule has 1 heterocycles. The van der Waals surface area contributed by atoms with Crippen LogP contribution >= 0.6 is 23.2 Å². The number of nitrogens with zero attached hydrogens (tertiary/aromatic N) is 2. The van der Waals surface area contributed by atoms with E-state index in [4.69, 9.17) is 27.9 Å². The Morgan fingerprint density at radius 2 is 2.04 bits per heavy atom. The zero-order valence-corrected chi connectivity index (χ0v) is 15.8. The Hall–Kier alpha value is -2.08. The lowest BCUT2D eigenvalue weighted by molar-refractivity contribution is -0.121. The van der Waals surface area contributed by atoms with Crippen LogP contribution in [0.5, 0.6) is 0 Å². The van der Waals surface area contributed by atoms with Crippen LogP contribution in [0.4, 0.5) is 0 Å². The molecule has 0 spiro atoms. The van der Waals surface area contributed by atoms with Gasteiger partial charge in [-0.15, -0.1) is 0 Å². The number of amides is 1. The van der Waals surface area contributed by atoms with Crippen LogP contribution in [0, 0.1) is 0 Å². The van der Waals surface area contributed by atoms with Crippen molar-refractivity contribution in [3.63, 3.8) is 0 Å². The lowest BCUT2D eigenvalue weighted by Crippen LogP contribution is -2.29. The van der Waals surface area contributed by atoms with E-state index >= 15 is 0 Å². The van der Waals surface area contributed by atoms with Gasteiger partial charge in [0.2, 0.25) is 5.91 Å². The molecule has 3 aromatic rings. The van der Waals surface area contributed by atoms with Crippen molar-refractivity contribution >= 4 is 40.1 Å². The Morgan fingerprint density at radius 1 is 1.23 bits per heavy atom. The van der Waals surface area contributed by atoms with Gasteiger partial charge in [0.25, 0.3) is 0 Å². The van der Waals surface area contributed by atoms with Crippen molar-refractivity contribution in [2.45, 2.75) is 13.0 Å². The Labute approximate surface area is 161 Å². The van der Waals surface area contributed by atoms with Crippen LogP contribution in [0.3, 0.4) is 0 Å². The first-order valence-electron chi connectivity index (χ1n) is 8.26. The second kappa shape index (κ2) is 8.54. The van der Waals surface area contributed by atoms with Crippen LogP contribution in [-0.4, -0.2) is 35.7 Å². The molecule has 1 aromatic heterocycles. The van der Waals surface area contributed by atoms with Crippen LogP contribution in [0.2, 0.25) is 10.0 Å². The minimum Gasteiger partial charge on any atom is -0.385 e. The third-order valence-corrected chi connectivity index (χ3v) is 4.52. The molecule has 0 saturated carbocycles. The lowest BCUT2D eigenvalue weighted by atomic mass is 10.2. The molecule has 1 amide bonds. The number of methoxy groups -OCH3 is 1. The van der Waals surface area contributed by atoms with E-state index in [1.165, 1.54) is 0 Å². The van der Waals surface area contributed by atoms with Gasteiger partial charge in [-0.25, -0.2) is 4.98 Å². The van der Waals surface area contributed by atoms with E-state index in [-0.39, 0.29) is 12.5 Å². The first-order valence-corrected chi connectivity index (χ1v) is 9.02. The Balaban J connectivity index is 1.94. The van der Waals surface area contributed by atoms with E-state index < -0.39 is 0 Å². The van der Waals surface area contributed by atoms with Gasteiger partial charge >= 0.3 is 0 Å². The average molecular weight is 392 g/mol.